The number of aliphatic carboxylic acids is 2. The molecule has 0 radical (unpaired) electrons. The second-order valence-corrected chi connectivity index (χ2v) is 5.56. The molecule has 0 aliphatic carbocycles. The fraction of sp³-hybridized carbons (Fsp3) is 0.438. The predicted molar refractivity (Wildman–Crippen MR) is 79.7 cm³/mol. The summed E-state index contributed by atoms with van der Waals surface area (Å²) in [6, 6.07) is 6.36. The second kappa shape index (κ2) is 6.60. The molecule has 1 aromatic rings. The summed E-state index contributed by atoms with van der Waals surface area (Å²) in [6.45, 7) is 1.64. The van der Waals surface area contributed by atoms with Crippen molar-refractivity contribution in [3.8, 4) is 0 Å². The van der Waals surface area contributed by atoms with Gasteiger partial charge in [0, 0.05) is 18.0 Å². The summed E-state index contributed by atoms with van der Waals surface area (Å²) in [6.07, 6.45) is 1.06. The fourth-order valence-electron chi connectivity index (χ4n) is 2.75. The number of benzene rings is 1. The van der Waals surface area contributed by atoms with Crippen molar-refractivity contribution in [3.05, 3.63) is 29.8 Å². The van der Waals surface area contributed by atoms with Crippen LogP contribution in [0.2, 0.25) is 0 Å². The van der Waals surface area contributed by atoms with E-state index in [4.69, 9.17) is 5.11 Å². The zero-order valence-electron chi connectivity index (χ0n) is 12.4. The molecule has 2 atom stereocenters. The summed E-state index contributed by atoms with van der Waals surface area (Å²) in [5.41, 5.74) is 1.56. The number of rotatable bonds is 5. The molecule has 1 amide bonds. The number of carbonyl (C=O) groups is 3. The number of hydrogen-bond donors (Lipinski definition) is 2. The van der Waals surface area contributed by atoms with Crippen LogP contribution in [0.5, 0.6) is 0 Å². The minimum absolute atomic E-state index is 0.111. The SMILES string of the molecule is C[C@H](CCC(=O)O)C(=O)N1c2ccccc2CC[C@H]1C(=O)O. The molecule has 1 aliphatic heterocycles. The molecule has 0 aromatic heterocycles. The number of amides is 1. The van der Waals surface area contributed by atoms with Crippen LogP contribution in [-0.4, -0.2) is 34.1 Å². The van der Waals surface area contributed by atoms with E-state index in [0.717, 1.165) is 5.56 Å². The van der Waals surface area contributed by atoms with E-state index in [9.17, 15) is 19.5 Å². The van der Waals surface area contributed by atoms with Gasteiger partial charge in [0.15, 0.2) is 0 Å². The molecule has 0 bridgehead atoms. The van der Waals surface area contributed by atoms with Crippen LogP contribution in [0.1, 0.15) is 31.7 Å². The number of aryl methyl sites for hydroxylation is 1. The number of nitrogens with zero attached hydrogens (tertiary/aromatic N) is 1. The lowest BCUT2D eigenvalue weighted by molar-refractivity contribution is -0.141. The van der Waals surface area contributed by atoms with Crippen LogP contribution >= 0.6 is 0 Å². The number of anilines is 1. The summed E-state index contributed by atoms with van der Waals surface area (Å²) in [7, 11) is 0. The molecule has 0 fully saturated rings. The maximum atomic E-state index is 12.7. The fourth-order valence-corrected chi connectivity index (χ4v) is 2.75. The Kier molecular flexibility index (Phi) is 4.80. The molecule has 1 aromatic carbocycles. The van der Waals surface area contributed by atoms with Crippen molar-refractivity contribution in [2.24, 2.45) is 5.92 Å². The molecule has 0 saturated carbocycles. The van der Waals surface area contributed by atoms with E-state index in [1.165, 1.54) is 4.90 Å². The zero-order valence-corrected chi connectivity index (χ0v) is 12.4. The van der Waals surface area contributed by atoms with Gasteiger partial charge in [0.2, 0.25) is 5.91 Å². The van der Waals surface area contributed by atoms with Gasteiger partial charge >= 0.3 is 11.9 Å². The molecule has 6 nitrogen and oxygen atoms in total. The third-order valence-electron chi connectivity index (χ3n) is 3.99. The Labute approximate surface area is 128 Å². The number of para-hydroxylation sites is 1. The predicted octanol–water partition coefficient (Wildman–Crippen LogP) is 1.92. The maximum absolute atomic E-state index is 12.7. The Morgan fingerprint density at radius 3 is 2.59 bits per heavy atom. The Balaban J connectivity index is 2.29. The van der Waals surface area contributed by atoms with Crippen molar-refractivity contribution in [3.63, 3.8) is 0 Å². The van der Waals surface area contributed by atoms with Crippen LogP contribution in [0.15, 0.2) is 24.3 Å². The maximum Gasteiger partial charge on any atom is 0.326 e. The van der Waals surface area contributed by atoms with Gasteiger partial charge in [-0.3, -0.25) is 14.5 Å². The molecule has 2 N–H and O–H groups in total. The molecule has 1 aliphatic rings. The van der Waals surface area contributed by atoms with E-state index >= 15 is 0 Å². The van der Waals surface area contributed by atoms with Crippen LogP contribution in [-0.2, 0) is 20.8 Å². The molecular weight excluding hydrogens is 286 g/mol. The first kappa shape index (κ1) is 16.0. The van der Waals surface area contributed by atoms with Gasteiger partial charge in [-0.15, -0.1) is 0 Å². The van der Waals surface area contributed by atoms with E-state index in [0.29, 0.717) is 18.5 Å². The highest BCUT2D eigenvalue weighted by Crippen LogP contribution is 2.32. The van der Waals surface area contributed by atoms with E-state index < -0.39 is 23.9 Å². The van der Waals surface area contributed by atoms with Gasteiger partial charge < -0.3 is 10.2 Å². The van der Waals surface area contributed by atoms with Crippen LogP contribution in [0.4, 0.5) is 5.69 Å². The standard InChI is InChI=1S/C16H19NO5/c1-10(6-9-14(18)19)15(20)17-12-5-3-2-4-11(12)7-8-13(17)16(21)22/h2-5,10,13H,6-9H2,1H3,(H,18,19)(H,21,22)/t10-,13+/m1/s1. The summed E-state index contributed by atoms with van der Waals surface area (Å²) in [5.74, 6) is -2.87. The first-order valence-electron chi connectivity index (χ1n) is 7.27. The Bertz CT molecular complexity index is 598. The minimum Gasteiger partial charge on any atom is -0.481 e. The highest BCUT2D eigenvalue weighted by Gasteiger charge is 2.37. The topological polar surface area (TPSA) is 94.9 Å². The lowest BCUT2D eigenvalue weighted by Crippen LogP contribution is -2.50. The smallest absolute Gasteiger partial charge is 0.326 e. The second-order valence-electron chi connectivity index (χ2n) is 5.56. The van der Waals surface area contributed by atoms with Crippen molar-refractivity contribution < 1.29 is 24.6 Å². The van der Waals surface area contributed by atoms with Crippen molar-refractivity contribution >= 4 is 23.5 Å². The Hall–Kier alpha value is -2.37. The normalized spacial score (nSPS) is 18.4. The van der Waals surface area contributed by atoms with E-state index in [-0.39, 0.29) is 18.7 Å². The number of hydrogen-bond acceptors (Lipinski definition) is 3. The zero-order chi connectivity index (χ0) is 16.3. The summed E-state index contributed by atoms with van der Waals surface area (Å²) in [5, 5.41) is 18.1. The van der Waals surface area contributed by atoms with Crippen molar-refractivity contribution in [1.82, 2.24) is 0 Å². The Morgan fingerprint density at radius 2 is 1.95 bits per heavy atom. The highest BCUT2D eigenvalue weighted by atomic mass is 16.4. The molecule has 2 rings (SSSR count). The molecular formula is C16H19NO5. The lowest BCUT2D eigenvalue weighted by atomic mass is 9.93. The monoisotopic (exact) mass is 305 g/mol. The molecule has 22 heavy (non-hydrogen) atoms. The van der Waals surface area contributed by atoms with Crippen molar-refractivity contribution in [2.45, 2.75) is 38.6 Å². The van der Waals surface area contributed by atoms with Crippen molar-refractivity contribution in [2.75, 3.05) is 4.90 Å². The van der Waals surface area contributed by atoms with Crippen molar-refractivity contribution in [1.29, 1.82) is 0 Å². The van der Waals surface area contributed by atoms with Crippen LogP contribution < -0.4 is 4.90 Å². The first-order valence-corrected chi connectivity index (χ1v) is 7.27. The third kappa shape index (κ3) is 3.27. The van der Waals surface area contributed by atoms with Gasteiger partial charge in [-0.1, -0.05) is 25.1 Å². The van der Waals surface area contributed by atoms with Crippen LogP contribution in [0.3, 0.4) is 0 Å². The number of carbonyl (C=O) groups excluding carboxylic acids is 1. The average molecular weight is 305 g/mol. The molecule has 1 heterocycles. The van der Waals surface area contributed by atoms with Gasteiger partial charge in [0.05, 0.1) is 0 Å². The summed E-state index contributed by atoms with van der Waals surface area (Å²) >= 11 is 0. The molecule has 0 saturated heterocycles. The number of carboxylic acids is 2. The molecule has 0 spiro atoms. The van der Waals surface area contributed by atoms with Crippen LogP contribution in [0.25, 0.3) is 0 Å². The van der Waals surface area contributed by atoms with Gasteiger partial charge in [-0.2, -0.15) is 0 Å². The first-order chi connectivity index (χ1) is 10.4. The molecule has 6 heteroatoms. The highest BCUT2D eigenvalue weighted by molar-refractivity contribution is 6.01. The molecule has 118 valence electrons. The molecule has 0 unspecified atom stereocenters. The largest absolute Gasteiger partial charge is 0.481 e. The van der Waals surface area contributed by atoms with E-state index in [2.05, 4.69) is 0 Å². The minimum atomic E-state index is -1.03. The average Bonchev–Trinajstić information content (AvgIpc) is 2.50. The van der Waals surface area contributed by atoms with E-state index in [1.807, 2.05) is 12.1 Å². The van der Waals surface area contributed by atoms with Gasteiger partial charge in [-0.25, -0.2) is 4.79 Å². The van der Waals surface area contributed by atoms with E-state index in [1.54, 1.807) is 19.1 Å². The lowest BCUT2D eigenvalue weighted by Gasteiger charge is -2.36. The summed E-state index contributed by atoms with van der Waals surface area (Å²) in [4.78, 5) is 36.1. The Morgan fingerprint density at radius 1 is 1.27 bits per heavy atom. The third-order valence-corrected chi connectivity index (χ3v) is 3.99. The van der Waals surface area contributed by atoms with Gasteiger partial charge in [0.25, 0.3) is 0 Å². The number of fused-ring (bicyclic) bond motifs is 1. The summed E-state index contributed by atoms with van der Waals surface area (Å²) < 4.78 is 0. The quantitative estimate of drug-likeness (QED) is 0.866. The van der Waals surface area contributed by atoms with Gasteiger partial charge in [-0.05, 0) is 30.9 Å². The van der Waals surface area contributed by atoms with Gasteiger partial charge in [0.1, 0.15) is 6.04 Å². The number of carboxylic acid groups (broad SMARTS) is 2. The van der Waals surface area contributed by atoms with Crippen LogP contribution in [0, 0.1) is 5.92 Å².